The number of hydrogen-bond acceptors (Lipinski definition) is 3. The fourth-order valence-corrected chi connectivity index (χ4v) is 2.66. The van der Waals surface area contributed by atoms with Crippen molar-refractivity contribution in [3.05, 3.63) is 33.8 Å². The van der Waals surface area contributed by atoms with Crippen molar-refractivity contribution in [1.82, 2.24) is 10.2 Å². The molecule has 20 heavy (non-hydrogen) atoms. The summed E-state index contributed by atoms with van der Waals surface area (Å²) in [5, 5.41) is 2.96. The Morgan fingerprint density at radius 3 is 2.90 bits per heavy atom. The highest BCUT2D eigenvalue weighted by molar-refractivity contribution is 9.10. The number of ether oxygens (including phenoxy) is 1. The topological polar surface area (TPSA) is 58.6 Å². The summed E-state index contributed by atoms with van der Waals surface area (Å²) in [5.41, 5.74) is 1.56. The van der Waals surface area contributed by atoms with Crippen molar-refractivity contribution in [3.63, 3.8) is 0 Å². The number of amides is 2. The molecule has 0 bridgehead atoms. The lowest BCUT2D eigenvalue weighted by Gasteiger charge is -2.16. The average Bonchev–Trinajstić information content (AvgIpc) is 2.89. The van der Waals surface area contributed by atoms with E-state index < -0.39 is 0 Å². The van der Waals surface area contributed by atoms with Crippen LogP contribution in [-0.4, -0.2) is 43.1 Å². The third-order valence-corrected chi connectivity index (χ3v) is 4.33. The monoisotopic (exact) mass is 340 g/mol. The summed E-state index contributed by atoms with van der Waals surface area (Å²) in [6.45, 7) is 2.99. The molecule has 5 nitrogen and oxygen atoms in total. The predicted molar refractivity (Wildman–Crippen MR) is 78.7 cm³/mol. The minimum Gasteiger partial charge on any atom is -0.453 e. The number of hydrogen-bond donors (Lipinski definition) is 1. The van der Waals surface area contributed by atoms with E-state index in [1.54, 1.807) is 11.0 Å². The van der Waals surface area contributed by atoms with E-state index in [1.165, 1.54) is 7.11 Å². The number of nitrogens with one attached hydrogen (secondary N) is 1. The second kappa shape index (κ2) is 6.26. The molecule has 1 saturated heterocycles. The summed E-state index contributed by atoms with van der Waals surface area (Å²) in [4.78, 5) is 25.2. The molecule has 1 heterocycles. The summed E-state index contributed by atoms with van der Waals surface area (Å²) >= 11 is 3.42. The number of rotatable bonds is 2. The van der Waals surface area contributed by atoms with Gasteiger partial charge in [0.15, 0.2) is 0 Å². The molecule has 6 heteroatoms. The molecule has 0 spiro atoms. The van der Waals surface area contributed by atoms with Gasteiger partial charge in [0, 0.05) is 29.2 Å². The Bertz CT molecular complexity index is 533. The first kappa shape index (κ1) is 14.8. The minimum absolute atomic E-state index is 0.0278. The van der Waals surface area contributed by atoms with Gasteiger partial charge < -0.3 is 15.0 Å². The van der Waals surface area contributed by atoms with Gasteiger partial charge in [-0.2, -0.15) is 0 Å². The van der Waals surface area contributed by atoms with Crippen molar-refractivity contribution in [2.45, 2.75) is 19.4 Å². The Hall–Kier alpha value is -1.56. The summed E-state index contributed by atoms with van der Waals surface area (Å²) in [6, 6.07) is 5.50. The van der Waals surface area contributed by atoms with Crippen molar-refractivity contribution in [1.29, 1.82) is 0 Å². The van der Waals surface area contributed by atoms with Crippen LogP contribution in [0.5, 0.6) is 0 Å². The first-order valence-electron chi connectivity index (χ1n) is 6.41. The van der Waals surface area contributed by atoms with E-state index in [9.17, 15) is 9.59 Å². The molecule has 0 unspecified atom stereocenters. The van der Waals surface area contributed by atoms with E-state index in [-0.39, 0.29) is 18.0 Å². The fourth-order valence-electron chi connectivity index (χ4n) is 2.29. The molecular formula is C14H17BrN2O3. The van der Waals surface area contributed by atoms with Gasteiger partial charge in [-0.3, -0.25) is 4.79 Å². The Labute approximate surface area is 126 Å². The van der Waals surface area contributed by atoms with Gasteiger partial charge in [0.2, 0.25) is 0 Å². The molecule has 1 aliphatic heterocycles. The van der Waals surface area contributed by atoms with Gasteiger partial charge in [0.25, 0.3) is 5.91 Å². The molecule has 2 rings (SSSR count). The number of nitrogens with zero attached hydrogens (tertiary/aromatic N) is 1. The zero-order valence-corrected chi connectivity index (χ0v) is 13.1. The predicted octanol–water partition coefficient (Wildman–Crippen LogP) is 2.33. The molecule has 1 atom stereocenters. The molecule has 1 aromatic rings. The number of carbonyl (C=O) groups is 2. The van der Waals surface area contributed by atoms with Gasteiger partial charge >= 0.3 is 6.09 Å². The van der Waals surface area contributed by atoms with Gasteiger partial charge in [-0.25, -0.2) is 4.79 Å². The number of benzene rings is 1. The Kier molecular flexibility index (Phi) is 4.65. The number of halogens is 1. The first-order valence-corrected chi connectivity index (χ1v) is 7.21. The van der Waals surface area contributed by atoms with Gasteiger partial charge in [-0.05, 0) is 31.0 Å². The van der Waals surface area contributed by atoms with Crippen molar-refractivity contribution in [2.75, 3.05) is 20.2 Å². The van der Waals surface area contributed by atoms with E-state index in [0.29, 0.717) is 18.7 Å². The van der Waals surface area contributed by atoms with Crippen LogP contribution in [0.4, 0.5) is 4.79 Å². The third-order valence-electron chi connectivity index (χ3n) is 3.47. The Morgan fingerprint density at radius 2 is 2.20 bits per heavy atom. The SMILES string of the molecule is COC(=O)N1CC[C@@H](NC(=O)c2cccc(Br)c2C)C1. The Morgan fingerprint density at radius 1 is 1.45 bits per heavy atom. The van der Waals surface area contributed by atoms with Crippen LogP contribution in [0.15, 0.2) is 22.7 Å². The van der Waals surface area contributed by atoms with E-state index in [0.717, 1.165) is 16.5 Å². The maximum absolute atomic E-state index is 12.3. The molecule has 1 fully saturated rings. The highest BCUT2D eigenvalue weighted by Crippen LogP contribution is 2.20. The number of methoxy groups -OCH3 is 1. The van der Waals surface area contributed by atoms with Crippen molar-refractivity contribution >= 4 is 27.9 Å². The van der Waals surface area contributed by atoms with Crippen LogP contribution < -0.4 is 5.32 Å². The standard InChI is InChI=1S/C14H17BrN2O3/c1-9-11(4-3-5-12(9)15)13(18)16-10-6-7-17(8-10)14(19)20-2/h3-5,10H,6-8H2,1-2H3,(H,16,18)/t10-/m1/s1. The zero-order valence-electron chi connectivity index (χ0n) is 11.5. The smallest absolute Gasteiger partial charge is 0.409 e. The normalized spacial score (nSPS) is 17.9. The molecule has 0 aromatic heterocycles. The quantitative estimate of drug-likeness (QED) is 0.898. The van der Waals surface area contributed by atoms with Gasteiger partial charge in [0.1, 0.15) is 0 Å². The van der Waals surface area contributed by atoms with Crippen LogP contribution in [0.25, 0.3) is 0 Å². The van der Waals surface area contributed by atoms with Crippen molar-refractivity contribution in [3.8, 4) is 0 Å². The molecule has 108 valence electrons. The number of carbonyl (C=O) groups excluding carboxylic acids is 2. The van der Waals surface area contributed by atoms with Gasteiger partial charge in [-0.1, -0.05) is 22.0 Å². The third kappa shape index (κ3) is 3.12. The summed E-state index contributed by atoms with van der Waals surface area (Å²) in [6.07, 6.45) is 0.397. The largest absolute Gasteiger partial charge is 0.453 e. The lowest BCUT2D eigenvalue weighted by Crippen LogP contribution is -2.38. The van der Waals surface area contributed by atoms with Gasteiger partial charge in [-0.15, -0.1) is 0 Å². The molecule has 0 radical (unpaired) electrons. The van der Waals surface area contributed by atoms with Crippen LogP contribution in [0.2, 0.25) is 0 Å². The molecular weight excluding hydrogens is 324 g/mol. The van der Waals surface area contributed by atoms with Crippen molar-refractivity contribution < 1.29 is 14.3 Å². The maximum Gasteiger partial charge on any atom is 0.409 e. The molecule has 1 aliphatic rings. The molecule has 2 amide bonds. The lowest BCUT2D eigenvalue weighted by atomic mass is 10.1. The summed E-state index contributed by atoms with van der Waals surface area (Å²) in [7, 11) is 1.36. The van der Waals surface area contributed by atoms with Crippen LogP contribution in [0, 0.1) is 6.92 Å². The molecule has 1 N–H and O–H groups in total. The second-order valence-corrected chi connectivity index (χ2v) is 5.64. The average molecular weight is 341 g/mol. The molecule has 0 saturated carbocycles. The van der Waals surface area contributed by atoms with E-state index in [1.807, 2.05) is 19.1 Å². The van der Waals surface area contributed by atoms with E-state index in [4.69, 9.17) is 0 Å². The minimum atomic E-state index is -0.347. The second-order valence-electron chi connectivity index (χ2n) is 4.79. The molecule has 1 aromatic carbocycles. The zero-order chi connectivity index (χ0) is 14.7. The first-order chi connectivity index (χ1) is 9.52. The maximum atomic E-state index is 12.3. The highest BCUT2D eigenvalue weighted by atomic mass is 79.9. The summed E-state index contributed by atoms with van der Waals surface area (Å²) < 4.78 is 5.58. The summed E-state index contributed by atoms with van der Waals surface area (Å²) in [5.74, 6) is -0.111. The van der Waals surface area contributed by atoms with E-state index in [2.05, 4.69) is 26.0 Å². The lowest BCUT2D eigenvalue weighted by molar-refractivity contribution is 0.0933. The number of likely N-dealkylation sites (tertiary alicyclic amines) is 1. The van der Waals surface area contributed by atoms with Crippen LogP contribution >= 0.6 is 15.9 Å². The van der Waals surface area contributed by atoms with Crippen LogP contribution in [0.3, 0.4) is 0 Å². The highest BCUT2D eigenvalue weighted by Gasteiger charge is 2.28. The van der Waals surface area contributed by atoms with Gasteiger partial charge in [0.05, 0.1) is 7.11 Å². The fraction of sp³-hybridized carbons (Fsp3) is 0.429. The van der Waals surface area contributed by atoms with Crippen LogP contribution in [-0.2, 0) is 4.74 Å². The Balaban J connectivity index is 1.99. The molecule has 0 aliphatic carbocycles. The van der Waals surface area contributed by atoms with Crippen molar-refractivity contribution in [2.24, 2.45) is 0 Å². The van der Waals surface area contributed by atoms with E-state index >= 15 is 0 Å². The van der Waals surface area contributed by atoms with Crippen LogP contribution in [0.1, 0.15) is 22.3 Å².